The highest BCUT2D eigenvalue weighted by Gasteiger charge is 2.17. The largest absolute Gasteiger partial charge is 0.493 e. The van der Waals surface area contributed by atoms with Crippen LogP contribution in [0.15, 0.2) is 48.5 Å². The lowest BCUT2D eigenvalue weighted by atomic mass is 10.1. The average molecular weight is 280 g/mol. The van der Waals surface area contributed by atoms with Gasteiger partial charge in [0, 0.05) is 12.7 Å². The van der Waals surface area contributed by atoms with Crippen molar-refractivity contribution in [3.05, 3.63) is 59.7 Å². The van der Waals surface area contributed by atoms with Crippen molar-refractivity contribution >= 4 is 11.6 Å². The van der Waals surface area contributed by atoms with Crippen LogP contribution in [-0.4, -0.2) is 19.6 Å². The summed E-state index contributed by atoms with van der Waals surface area (Å²) in [6.45, 7) is 2.39. The van der Waals surface area contributed by atoms with Crippen LogP contribution in [0.25, 0.3) is 0 Å². The van der Waals surface area contributed by atoms with E-state index in [-0.39, 0.29) is 5.91 Å². The Bertz CT molecular complexity index is 672. The maximum atomic E-state index is 12.6. The monoisotopic (exact) mass is 280 g/mol. The Morgan fingerprint density at radius 3 is 2.48 bits per heavy atom. The molecule has 0 fully saturated rings. The van der Waals surface area contributed by atoms with Crippen molar-refractivity contribution in [2.45, 2.75) is 6.92 Å². The summed E-state index contributed by atoms with van der Waals surface area (Å²) in [6, 6.07) is 16.1. The third-order valence-electron chi connectivity index (χ3n) is 3.11. The third-order valence-corrected chi connectivity index (χ3v) is 3.11. The molecule has 0 aromatic heterocycles. The van der Waals surface area contributed by atoms with Gasteiger partial charge in [0.15, 0.2) is 0 Å². The van der Waals surface area contributed by atoms with Crippen LogP contribution in [0.1, 0.15) is 22.8 Å². The maximum Gasteiger partial charge on any atom is 0.261 e. The average Bonchev–Trinajstić information content (AvgIpc) is 2.54. The molecule has 0 saturated carbocycles. The molecule has 4 nitrogen and oxygen atoms in total. The van der Waals surface area contributed by atoms with Gasteiger partial charge in [0.1, 0.15) is 5.75 Å². The fourth-order valence-corrected chi connectivity index (χ4v) is 1.98. The second-order valence-corrected chi connectivity index (χ2v) is 4.45. The predicted molar refractivity (Wildman–Crippen MR) is 81.5 cm³/mol. The summed E-state index contributed by atoms with van der Waals surface area (Å²) in [5.41, 5.74) is 1.81. The van der Waals surface area contributed by atoms with Gasteiger partial charge in [-0.3, -0.25) is 4.79 Å². The second-order valence-electron chi connectivity index (χ2n) is 4.45. The van der Waals surface area contributed by atoms with E-state index < -0.39 is 0 Å². The van der Waals surface area contributed by atoms with Crippen molar-refractivity contribution in [3.8, 4) is 11.8 Å². The molecule has 0 spiro atoms. The van der Waals surface area contributed by atoms with Gasteiger partial charge in [-0.05, 0) is 43.3 Å². The number of hydrogen-bond donors (Lipinski definition) is 0. The number of nitriles is 1. The number of benzene rings is 2. The molecule has 0 aliphatic carbocycles. The molecule has 0 radical (unpaired) electrons. The van der Waals surface area contributed by atoms with Crippen molar-refractivity contribution in [2.24, 2.45) is 0 Å². The van der Waals surface area contributed by atoms with Gasteiger partial charge in [0.05, 0.1) is 23.8 Å². The standard InChI is InChI=1S/C17H16N2O2/c1-3-21-16-7-5-4-6-15(16)17(20)19(2)14-10-8-13(12-18)9-11-14/h4-11H,3H2,1-2H3. The molecule has 0 bridgehead atoms. The first-order valence-electron chi connectivity index (χ1n) is 6.67. The fourth-order valence-electron chi connectivity index (χ4n) is 1.98. The van der Waals surface area contributed by atoms with Crippen molar-refractivity contribution in [1.82, 2.24) is 0 Å². The Morgan fingerprint density at radius 2 is 1.86 bits per heavy atom. The molecule has 21 heavy (non-hydrogen) atoms. The molecule has 1 amide bonds. The molecule has 2 rings (SSSR count). The second kappa shape index (κ2) is 6.58. The topological polar surface area (TPSA) is 53.3 Å². The summed E-state index contributed by atoms with van der Waals surface area (Å²) >= 11 is 0. The Balaban J connectivity index is 2.28. The fraction of sp³-hybridized carbons (Fsp3) is 0.176. The minimum absolute atomic E-state index is 0.149. The SMILES string of the molecule is CCOc1ccccc1C(=O)N(C)c1ccc(C#N)cc1. The smallest absolute Gasteiger partial charge is 0.261 e. The zero-order valence-electron chi connectivity index (χ0n) is 12.0. The van der Waals surface area contributed by atoms with Crippen molar-refractivity contribution < 1.29 is 9.53 Å². The van der Waals surface area contributed by atoms with Crippen LogP contribution in [0.2, 0.25) is 0 Å². The summed E-state index contributed by atoms with van der Waals surface area (Å²) in [6.07, 6.45) is 0. The van der Waals surface area contributed by atoms with Gasteiger partial charge in [-0.25, -0.2) is 0 Å². The van der Waals surface area contributed by atoms with E-state index in [1.165, 1.54) is 0 Å². The Kier molecular flexibility index (Phi) is 4.57. The molecule has 0 saturated heterocycles. The lowest BCUT2D eigenvalue weighted by molar-refractivity contribution is 0.0989. The summed E-state index contributed by atoms with van der Waals surface area (Å²) in [5, 5.41) is 8.80. The number of hydrogen-bond acceptors (Lipinski definition) is 3. The van der Waals surface area contributed by atoms with E-state index in [0.29, 0.717) is 23.5 Å². The highest BCUT2D eigenvalue weighted by molar-refractivity contribution is 6.07. The number of nitrogens with zero attached hydrogens (tertiary/aromatic N) is 2. The van der Waals surface area contributed by atoms with E-state index in [4.69, 9.17) is 10.00 Å². The van der Waals surface area contributed by atoms with Gasteiger partial charge in [-0.1, -0.05) is 12.1 Å². The Labute approximate surface area is 124 Å². The molecule has 2 aromatic carbocycles. The number of amides is 1. The number of carbonyl (C=O) groups excluding carboxylic acids is 1. The first-order valence-corrected chi connectivity index (χ1v) is 6.67. The molecule has 106 valence electrons. The normalized spacial score (nSPS) is 9.76. The molecule has 0 aliphatic heterocycles. The highest BCUT2D eigenvalue weighted by Crippen LogP contribution is 2.22. The van der Waals surface area contributed by atoms with E-state index in [1.807, 2.05) is 19.1 Å². The minimum atomic E-state index is -0.149. The van der Waals surface area contributed by atoms with Crippen molar-refractivity contribution in [2.75, 3.05) is 18.6 Å². The van der Waals surface area contributed by atoms with Gasteiger partial charge in [-0.2, -0.15) is 5.26 Å². The van der Waals surface area contributed by atoms with Gasteiger partial charge in [-0.15, -0.1) is 0 Å². The molecular weight excluding hydrogens is 264 g/mol. The Morgan fingerprint density at radius 1 is 1.19 bits per heavy atom. The highest BCUT2D eigenvalue weighted by atomic mass is 16.5. The number of anilines is 1. The van der Waals surface area contributed by atoms with Gasteiger partial charge in [0.2, 0.25) is 0 Å². The minimum Gasteiger partial charge on any atom is -0.493 e. The van der Waals surface area contributed by atoms with Gasteiger partial charge >= 0.3 is 0 Å². The third kappa shape index (κ3) is 3.21. The molecule has 0 N–H and O–H groups in total. The maximum absolute atomic E-state index is 12.6. The molecule has 0 heterocycles. The van der Waals surface area contributed by atoms with Crippen LogP contribution in [-0.2, 0) is 0 Å². The lowest BCUT2D eigenvalue weighted by Gasteiger charge is -2.19. The van der Waals surface area contributed by atoms with E-state index >= 15 is 0 Å². The molecular formula is C17H16N2O2. The molecule has 0 aliphatic rings. The summed E-state index contributed by atoms with van der Waals surface area (Å²) < 4.78 is 5.49. The number of carbonyl (C=O) groups is 1. The van der Waals surface area contributed by atoms with E-state index in [1.54, 1.807) is 48.3 Å². The molecule has 0 atom stereocenters. The molecule has 0 unspecified atom stereocenters. The van der Waals surface area contributed by atoms with E-state index in [2.05, 4.69) is 6.07 Å². The molecule has 4 heteroatoms. The zero-order valence-corrected chi connectivity index (χ0v) is 12.0. The van der Waals surface area contributed by atoms with E-state index in [9.17, 15) is 4.79 Å². The van der Waals surface area contributed by atoms with Crippen LogP contribution >= 0.6 is 0 Å². The number of rotatable bonds is 4. The van der Waals surface area contributed by atoms with Crippen LogP contribution in [0.5, 0.6) is 5.75 Å². The van der Waals surface area contributed by atoms with Gasteiger partial charge in [0.25, 0.3) is 5.91 Å². The Hall–Kier alpha value is -2.80. The van der Waals surface area contributed by atoms with Crippen molar-refractivity contribution in [3.63, 3.8) is 0 Å². The van der Waals surface area contributed by atoms with Crippen LogP contribution in [0.4, 0.5) is 5.69 Å². The van der Waals surface area contributed by atoms with E-state index in [0.717, 1.165) is 5.69 Å². The van der Waals surface area contributed by atoms with Crippen molar-refractivity contribution in [1.29, 1.82) is 5.26 Å². The predicted octanol–water partition coefficient (Wildman–Crippen LogP) is 3.23. The summed E-state index contributed by atoms with van der Waals surface area (Å²) in [4.78, 5) is 14.1. The quantitative estimate of drug-likeness (QED) is 0.864. The first-order chi connectivity index (χ1) is 10.2. The zero-order chi connectivity index (χ0) is 15.2. The molecule has 2 aromatic rings. The summed E-state index contributed by atoms with van der Waals surface area (Å²) in [5.74, 6) is 0.425. The van der Waals surface area contributed by atoms with Crippen LogP contribution in [0.3, 0.4) is 0 Å². The van der Waals surface area contributed by atoms with Crippen LogP contribution < -0.4 is 9.64 Å². The first kappa shape index (κ1) is 14.6. The number of ether oxygens (including phenoxy) is 1. The van der Waals surface area contributed by atoms with Gasteiger partial charge < -0.3 is 9.64 Å². The number of para-hydroxylation sites is 1. The van der Waals surface area contributed by atoms with Crippen LogP contribution in [0, 0.1) is 11.3 Å². The summed E-state index contributed by atoms with van der Waals surface area (Å²) in [7, 11) is 1.70. The lowest BCUT2D eigenvalue weighted by Crippen LogP contribution is -2.26.